The molecule has 152 valence electrons. The van der Waals surface area contributed by atoms with Gasteiger partial charge in [-0.15, -0.1) is 0 Å². The first kappa shape index (κ1) is 20.4. The van der Waals surface area contributed by atoms with E-state index in [1.165, 1.54) is 0 Å². The minimum Gasteiger partial charge on any atom is -0.493 e. The summed E-state index contributed by atoms with van der Waals surface area (Å²) in [4.78, 5) is 0. The standard InChI is InChI=1S/C20H22N4O4S/c1-5-28-18-10-13(6-8-16(18)26-3)12-21-24-19(22-23-20(24)29)14-7-9-15(25-2)17(11-14)27-4/h6-12H,5H2,1-4H3,(H,23,29)/b21-12-. The molecule has 3 aromatic rings. The zero-order chi connectivity index (χ0) is 20.8. The largest absolute Gasteiger partial charge is 0.493 e. The number of methoxy groups -OCH3 is 3. The molecule has 1 N–H and O–H groups in total. The number of hydrogen-bond donors (Lipinski definition) is 1. The van der Waals surface area contributed by atoms with Crippen molar-refractivity contribution in [1.82, 2.24) is 14.9 Å². The summed E-state index contributed by atoms with van der Waals surface area (Å²) >= 11 is 5.34. The minimum absolute atomic E-state index is 0.365. The van der Waals surface area contributed by atoms with Crippen LogP contribution < -0.4 is 18.9 Å². The maximum atomic E-state index is 5.61. The van der Waals surface area contributed by atoms with E-state index in [2.05, 4.69) is 15.3 Å². The molecule has 0 spiro atoms. The summed E-state index contributed by atoms with van der Waals surface area (Å²) in [5.41, 5.74) is 1.60. The van der Waals surface area contributed by atoms with Crippen molar-refractivity contribution in [3.63, 3.8) is 0 Å². The Morgan fingerprint density at radius 3 is 2.38 bits per heavy atom. The second-order valence-electron chi connectivity index (χ2n) is 5.82. The lowest BCUT2D eigenvalue weighted by atomic mass is 10.2. The van der Waals surface area contributed by atoms with Crippen molar-refractivity contribution in [2.24, 2.45) is 5.10 Å². The first-order valence-corrected chi connectivity index (χ1v) is 9.27. The van der Waals surface area contributed by atoms with Gasteiger partial charge in [-0.2, -0.15) is 14.9 Å². The Morgan fingerprint density at radius 1 is 1.00 bits per heavy atom. The Balaban J connectivity index is 1.97. The number of ether oxygens (including phenoxy) is 4. The summed E-state index contributed by atoms with van der Waals surface area (Å²) in [7, 11) is 4.77. The summed E-state index contributed by atoms with van der Waals surface area (Å²) in [6.45, 7) is 2.45. The van der Waals surface area contributed by atoms with Crippen molar-refractivity contribution < 1.29 is 18.9 Å². The minimum atomic E-state index is 0.365. The van der Waals surface area contributed by atoms with Crippen LogP contribution in [0, 0.1) is 4.77 Å². The second kappa shape index (κ2) is 9.24. The molecule has 0 saturated heterocycles. The summed E-state index contributed by atoms with van der Waals surface area (Å²) in [5, 5.41) is 11.6. The SMILES string of the molecule is CCOc1cc(/C=N\n2c(-c3ccc(OC)c(OC)c3)n[nH]c2=S)ccc1OC. The molecule has 2 aromatic carbocycles. The molecule has 8 nitrogen and oxygen atoms in total. The summed E-state index contributed by atoms with van der Waals surface area (Å²) in [5.74, 6) is 3.07. The fourth-order valence-corrected chi connectivity index (χ4v) is 2.91. The molecule has 0 bridgehead atoms. The van der Waals surface area contributed by atoms with Crippen molar-refractivity contribution >= 4 is 18.4 Å². The van der Waals surface area contributed by atoms with Crippen LogP contribution in [0.3, 0.4) is 0 Å². The third kappa shape index (κ3) is 4.40. The zero-order valence-electron chi connectivity index (χ0n) is 16.6. The lowest BCUT2D eigenvalue weighted by Gasteiger charge is -2.10. The van der Waals surface area contributed by atoms with Gasteiger partial charge in [0, 0.05) is 5.56 Å². The van der Waals surface area contributed by atoms with E-state index < -0.39 is 0 Å². The van der Waals surface area contributed by atoms with Crippen LogP contribution in [0.25, 0.3) is 11.4 Å². The Labute approximate surface area is 173 Å². The molecule has 3 rings (SSSR count). The van der Waals surface area contributed by atoms with Crippen molar-refractivity contribution in [1.29, 1.82) is 0 Å². The third-order valence-corrected chi connectivity index (χ3v) is 4.37. The van der Waals surface area contributed by atoms with E-state index >= 15 is 0 Å². The fourth-order valence-electron chi connectivity index (χ4n) is 2.73. The molecule has 0 atom stereocenters. The van der Waals surface area contributed by atoms with Crippen molar-refractivity contribution in [2.45, 2.75) is 6.92 Å². The van der Waals surface area contributed by atoms with Gasteiger partial charge in [-0.1, -0.05) is 0 Å². The van der Waals surface area contributed by atoms with Gasteiger partial charge in [-0.3, -0.25) is 0 Å². The van der Waals surface area contributed by atoms with E-state index in [-0.39, 0.29) is 0 Å². The van der Waals surface area contributed by atoms with Gasteiger partial charge in [0.25, 0.3) is 0 Å². The topological polar surface area (TPSA) is 82.9 Å². The van der Waals surface area contributed by atoms with Gasteiger partial charge in [-0.05, 0) is 61.1 Å². The summed E-state index contributed by atoms with van der Waals surface area (Å²) in [6.07, 6.45) is 1.68. The van der Waals surface area contributed by atoms with Crippen molar-refractivity contribution in [3.05, 3.63) is 46.7 Å². The van der Waals surface area contributed by atoms with Crippen LogP contribution in [-0.4, -0.2) is 49.0 Å². The number of nitrogens with zero attached hydrogens (tertiary/aromatic N) is 3. The van der Waals surface area contributed by atoms with Gasteiger partial charge in [-0.25, -0.2) is 5.10 Å². The average molecular weight is 414 g/mol. The van der Waals surface area contributed by atoms with E-state index in [1.807, 2.05) is 37.3 Å². The smallest absolute Gasteiger partial charge is 0.216 e. The second-order valence-corrected chi connectivity index (χ2v) is 6.21. The molecule has 1 heterocycles. The molecule has 1 aromatic heterocycles. The van der Waals surface area contributed by atoms with Gasteiger partial charge in [0.05, 0.1) is 34.2 Å². The Morgan fingerprint density at radius 2 is 1.69 bits per heavy atom. The maximum absolute atomic E-state index is 5.61. The van der Waals surface area contributed by atoms with E-state index in [4.69, 9.17) is 31.2 Å². The lowest BCUT2D eigenvalue weighted by molar-refractivity contribution is 0.311. The van der Waals surface area contributed by atoms with E-state index in [0.717, 1.165) is 11.1 Å². The average Bonchev–Trinajstić information content (AvgIpc) is 3.12. The Bertz CT molecular complexity index is 1070. The maximum Gasteiger partial charge on any atom is 0.216 e. The highest BCUT2D eigenvalue weighted by Gasteiger charge is 2.12. The molecule has 29 heavy (non-hydrogen) atoms. The molecular formula is C20H22N4O4S. The van der Waals surface area contributed by atoms with Crippen LogP contribution in [0.4, 0.5) is 0 Å². The first-order chi connectivity index (χ1) is 14.1. The highest BCUT2D eigenvalue weighted by Crippen LogP contribution is 2.32. The van der Waals surface area contributed by atoms with Crippen LogP contribution in [0.15, 0.2) is 41.5 Å². The number of nitrogens with one attached hydrogen (secondary N) is 1. The molecule has 0 amide bonds. The van der Waals surface area contributed by atoms with Crippen molar-refractivity contribution in [2.75, 3.05) is 27.9 Å². The lowest BCUT2D eigenvalue weighted by Crippen LogP contribution is -1.98. The monoisotopic (exact) mass is 414 g/mol. The first-order valence-electron chi connectivity index (χ1n) is 8.86. The van der Waals surface area contributed by atoms with Crippen LogP contribution >= 0.6 is 12.2 Å². The van der Waals surface area contributed by atoms with E-state index in [1.54, 1.807) is 38.3 Å². The molecular weight excluding hydrogens is 392 g/mol. The number of H-pyrrole nitrogens is 1. The number of benzene rings is 2. The van der Waals surface area contributed by atoms with Gasteiger partial charge in [0.15, 0.2) is 28.8 Å². The number of aromatic amines is 1. The number of rotatable bonds is 8. The molecule has 0 fully saturated rings. The molecule has 0 saturated carbocycles. The summed E-state index contributed by atoms with van der Waals surface area (Å²) in [6, 6.07) is 11.0. The molecule has 0 radical (unpaired) electrons. The van der Waals surface area contributed by atoms with Crippen LogP contribution in [-0.2, 0) is 0 Å². The highest BCUT2D eigenvalue weighted by molar-refractivity contribution is 7.71. The van der Waals surface area contributed by atoms with Crippen LogP contribution in [0.5, 0.6) is 23.0 Å². The van der Waals surface area contributed by atoms with Crippen LogP contribution in [0.2, 0.25) is 0 Å². The molecule has 0 aliphatic carbocycles. The van der Waals surface area contributed by atoms with E-state index in [0.29, 0.717) is 40.2 Å². The van der Waals surface area contributed by atoms with Crippen molar-refractivity contribution in [3.8, 4) is 34.4 Å². The molecule has 9 heteroatoms. The fraction of sp³-hybridized carbons (Fsp3) is 0.250. The summed E-state index contributed by atoms with van der Waals surface area (Å²) < 4.78 is 23.5. The highest BCUT2D eigenvalue weighted by atomic mass is 32.1. The zero-order valence-corrected chi connectivity index (χ0v) is 17.4. The van der Waals surface area contributed by atoms with Crippen LogP contribution in [0.1, 0.15) is 12.5 Å². The quantitative estimate of drug-likeness (QED) is 0.444. The third-order valence-electron chi connectivity index (χ3n) is 4.10. The normalized spacial score (nSPS) is 10.9. The Hall–Kier alpha value is -3.33. The molecule has 0 unspecified atom stereocenters. The Kier molecular flexibility index (Phi) is 6.50. The van der Waals surface area contributed by atoms with Gasteiger partial charge >= 0.3 is 0 Å². The predicted molar refractivity (Wildman–Crippen MR) is 113 cm³/mol. The predicted octanol–water partition coefficient (Wildman–Crippen LogP) is 3.91. The molecule has 0 aliphatic rings. The molecule has 0 aliphatic heterocycles. The van der Waals surface area contributed by atoms with Gasteiger partial charge < -0.3 is 18.9 Å². The van der Waals surface area contributed by atoms with Gasteiger partial charge in [0.1, 0.15) is 0 Å². The number of aromatic nitrogens is 3. The van der Waals surface area contributed by atoms with Gasteiger partial charge in [0.2, 0.25) is 4.77 Å². The van der Waals surface area contributed by atoms with E-state index in [9.17, 15) is 0 Å². The number of hydrogen-bond acceptors (Lipinski definition) is 7.